The highest BCUT2D eigenvalue weighted by Gasteiger charge is 2.40. The van der Waals surface area contributed by atoms with Crippen LogP contribution in [0.1, 0.15) is 19.3 Å². The topological polar surface area (TPSA) is 50.8 Å². The molecule has 1 amide bonds. The van der Waals surface area contributed by atoms with Crippen LogP contribution in [0.25, 0.3) is 0 Å². The Hall–Kier alpha value is -0.910. The number of nitrogens with one attached hydrogen (secondary N) is 1. The van der Waals surface area contributed by atoms with Crippen LogP contribution < -0.4 is 5.32 Å². The van der Waals surface area contributed by atoms with E-state index in [9.17, 15) is 4.79 Å². The summed E-state index contributed by atoms with van der Waals surface area (Å²) in [7, 11) is 0. The highest BCUT2D eigenvalue weighted by Crippen LogP contribution is 2.31. The number of rotatable bonds is 5. The van der Waals surface area contributed by atoms with Crippen molar-refractivity contribution in [2.45, 2.75) is 25.0 Å². The third-order valence-corrected chi connectivity index (χ3v) is 3.50. The Morgan fingerprint density at radius 3 is 2.61 bits per heavy atom. The summed E-state index contributed by atoms with van der Waals surface area (Å²) in [4.78, 5) is 13.9. The van der Waals surface area contributed by atoms with Crippen molar-refractivity contribution in [1.29, 1.82) is 0 Å². The average Bonchev–Trinajstić information content (AvgIpc) is 2.84. The summed E-state index contributed by atoms with van der Waals surface area (Å²) in [6, 6.07) is 0. The van der Waals surface area contributed by atoms with Crippen LogP contribution in [-0.2, 0) is 14.3 Å². The van der Waals surface area contributed by atoms with E-state index in [1.54, 1.807) is 6.08 Å². The number of carbonyl (C=O) groups is 1. The first kappa shape index (κ1) is 13.5. The fourth-order valence-corrected chi connectivity index (χ4v) is 2.44. The second kappa shape index (κ2) is 6.31. The molecule has 1 N–H and O–H groups in total. The predicted octanol–water partition coefficient (Wildman–Crippen LogP) is 0.518. The van der Waals surface area contributed by atoms with E-state index in [2.05, 4.69) is 11.9 Å². The Morgan fingerprint density at radius 2 is 2.00 bits per heavy atom. The minimum absolute atomic E-state index is 0.208. The van der Waals surface area contributed by atoms with Crippen molar-refractivity contribution in [3.8, 4) is 0 Å². The van der Waals surface area contributed by atoms with Gasteiger partial charge in [-0.15, -0.1) is 6.58 Å². The quantitative estimate of drug-likeness (QED) is 0.574. The molecule has 102 valence electrons. The minimum Gasteiger partial charge on any atom is -0.347 e. The van der Waals surface area contributed by atoms with Gasteiger partial charge in [0.15, 0.2) is 5.79 Å². The molecule has 0 aromatic rings. The molecule has 0 radical (unpaired) electrons. The molecular formula is C13H22N2O3. The number of hydrogen-bond donors (Lipinski definition) is 1. The van der Waals surface area contributed by atoms with E-state index in [0.29, 0.717) is 26.2 Å². The molecule has 0 aromatic heterocycles. The van der Waals surface area contributed by atoms with Crippen LogP contribution in [0.4, 0.5) is 0 Å². The standard InChI is InChI=1S/C13H22N2O3/c1-2-6-14-7-3-12(16)15-8-4-13(5-9-15)17-10-11-18-13/h2,14H,1,3-11H2. The molecule has 0 aromatic carbocycles. The molecular weight excluding hydrogens is 232 g/mol. The zero-order valence-corrected chi connectivity index (χ0v) is 10.8. The van der Waals surface area contributed by atoms with Crippen molar-refractivity contribution in [2.75, 3.05) is 39.4 Å². The Labute approximate surface area is 108 Å². The Bertz CT molecular complexity index is 291. The first-order valence-corrected chi connectivity index (χ1v) is 6.63. The lowest BCUT2D eigenvalue weighted by atomic mass is 10.0. The zero-order valence-electron chi connectivity index (χ0n) is 10.8. The van der Waals surface area contributed by atoms with Gasteiger partial charge in [0.05, 0.1) is 13.2 Å². The van der Waals surface area contributed by atoms with Gasteiger partial charge in [0.25, 0.3) is 0 Å². The molecule has 2 aliphatic rings. The SMILES string of the molecule is C=CCNCCC(=O)N1CCC2(CC1)OCCO2. The summed E-state index contributed by atoms with van der Waals surface area (Å²) in [5.74, 6) is -0.183. The van der Waals surface area contributed by atoms with Gasteiger partial charge in [-0.05, 0) is 0 Å². The van der Waals surface area contributed by atoms with Crippen molar-refractivity contribution in [1.82, 2.24) is 10.2 Å². The van der Waals surface area contributed by atoms with Crippen LogP contribution in [-0.4, -0.2) is 56.0 Å². The van der Waals surface area contributed by atoms with Crippen molar-refractivity contribution in [2.24, 2.45) is 0 Å². The van der Waals surface area contributed by atoms with E-state index in [1.807, 2.05) is 4.90 Å². The maximum Gasteiger partial charge on any atom is 0.223 e. The fraction of sp³-hybridized carbons (Fsp3) is 0.769. The highest BCUT2D eigenvalue weighted by molar-refractivity contribution is 5.76. The average molecular weight is 254 g/mol. The molecule has 0 saturated carbocycles. The van der Waals surface area contributed by atoms with Gasteiger partial charge >= 0.3 is 0 Å². The molecule has 5 nitrogen and oxygen atoms in total. The third kappa shape index (κ3) is 3.31. The number of ether oxygens (including phenoxy) is 2. The van der Waals surface area contributed by atoms with Gasteiger partial charge in [-0.1, -0.05) is 6.08 Å². The predicted molar refractivity (Wildman–Crippen MR) is 68.1 cm³/mol. The van der Waals surface area contributed by atoms with E-state index in [-0.39, 0.29) is 5.91 Å². The Morgan fingerprint density at radius 1 is 1.33 bits per heavy atom. The Kier molecular flexibility index (Phi) is 4.74. The molecule has 2 fully saturated rings. The molecule has 0 bridgehead atoms. The summed E-state index contributed by atoms with van der Waals surface area (Å²) in [5, 5.41) is 3.14. The maximum atomic E-state index is 11.9. The first-order chi connectivity index (χ1) is 8.76. The second-order valence-corrected chi connectivity index (χ2v) is 4.73. The number of piperidine rings is 1. The summed E-state index contributed by atoms with van der Waals surface area (Å²) in [6.07, 6.45) is 3.92. The van der Waals surface area contributed by atoms with E-state index < -0.39 is 5.79 Å². The molecule has 2 heterocycles. The molecule has 2 saturated heterocycles. The number of hydrogen-bond acceptors (Lipinski definition) is 4. The molecule has 5 heteroatoms. The summed E-state index contributed by atoms with van der Waals surface area (Å²) < 4.78 is 11.3. The van der Waals surface area contributed by atoms with Gasteiger partial charge in [-0.25, -0.2) is 0 Å². The van der Waals surface area contributed by atoms with Gasteiger partial charge in [-0.2, -0.15) is 0 Å². The van der Waals surface area contributed by atoms with E-state index >= 15 is 0 Å². The maximum absolute atomic E-state index is 11.9. The summed E-state index contributed by atoms with van der Waals surface area (Å²) in [6.45, 7) is 7.91. The van der Waals surface area contributed by atoms with Crippen LogP contribution >= 0.6 is 0 Å². The normalized spacial score (nSPS) is 22.3. The zero-order chi connectivity index (χ0) is 12.8. The number of carbonyl (C=O) groups excluding carboxylic acids is 1. The number of nitrogens with zero attached hydrogens (tertiary/aromatic N) is 1. The first-order valence-electron chi connectivity index (χ1n) is 6.63. The fourth-order valence-electron chi connectivity index (χ4n) is 2.44. The second-order valence-electron chi connectivity index (χ2n) is 4.73. The van der Waals surface area contributed by atoms with Crippen molar-refractivity contribution in [3.05, 3.63) is 12.7 Å². The minimum atomic E-state index is -0.391. The van der Waals surface area contributed by atoms with E-state index in [0.717, 1.165) is 32.5 Å². The molecule has 0 aliphatic carbocycles. The van der Waals surface area contributed by atoms with Crippen molar-refractivity contribution >= 4 is 5.91 Å². The van der Waals surface area contributed by atoms with Crippen molar-refractivity contribution < 1.29 is 14.3 Å². The van der Waals surface area contributed by atoms with E-state index in [4.69, 9.17) is 9.47 Å². The lowest BCUT2D eigenvalue weighted by molar-refractivity contribution is -0.187. The lowest BCUT2D eigenvalue weighted by Crippen LogP contribution is -2.47. The van der Waals surface area contributed by atoms with E-state index in [1.165, 1.54) is 0 Å². The largest absolute Gasteiger partial charge is 0.347 e. The lowest BCUT2D eigenvalue weighted by Gasteiger charge is -2.37. The molecule has 0 unspecified atom stereocenters. The monoisotopic (exact) mass is 254 g/mol. The summed E-state index contributed by atoms with van der Waals surface area (Å²) >= 11 is 0. The molecule has 2 rings (SSSR count). The molecule has 1 spiro atoms. The molecule has 18 heavy (non-hydrogen) atoms. The van der Waals surface area contributed by atoms with Gasteiger partial charge in [0.2, 0.25) is 5.91 Å². The van der Waals surface area contributed by atoms with Gasteiger partial charge in [0, 0.05) is 45.4 Å². The van der Waals surface area contributed by atoms with Crippen LogP contribution in [0.15, 0.2) is 12.7 Å². The van der Waals surface area contributed by atoms with Crippen LogP contribution in [0.2, 0.25) is 0 Å². The smallest absolute Gasteiger partial charge is 0.223 e. The van der Waals surface area contributed by atoms with Gasteiger partial charge in [-0.3, -0.25) is 4.79 Å². The summed E-state index contributed by atoms with van der Waals surface area (Å²) in [5.41, 5.74) is 0. The van der Waals surface area contributed by atoms with Crippen LogP contribution in [0.3, 0.4) is 0 Å². The number of amides is 1. The highest BCUT2D eigenvalue weighted by atomic mass is 16.7. The molecule has 2 aliphatic heterocycles. The number of likely N-dealkylation sites (tertiary alicyclic amines) is 1. The van der Waals surface area contributed by atoms with Crippen LogP contribution in [0.5, 0.6) is 0 Å². The van der Waals surface area contributed by atoms with Gasteiger partial charge in [0.1, 0.15) is 0 Å². The van der Waals surface area contributed by atoms with Crippen molar-refractivity contribution in [3.63, 3.8) is 0 Å². The Balaban J connectivity index is 1.68. The molecule has 0 atom stereocenters. The van der Waals surface area contributed by atoms with Crippen LogP contribution in [0, 0.1) is 0 Å². The van der Waals surface area contributed by atoms with Gasteiger partial charge < -0.3 is 19.7 Å². The third-order valence-electron chi connectivity index (χ3n) is 3.50.